The number of carbonyl (C=O) groups excluding carboxylic acids is 1. The minimum Gasteiger partial charge on any atom is -0.461 e. The first kappa shape index (κ1) is 13.3. The van der Waals surface area contributed by atoms with Gasteiger partial charge in [0.2, 0.25) is 0 Å². The highest BCUT2D eigenvalue weighted by Crippen LogP contribution is 2.21. The molecule has 19 heavy (non-hydrogen) atoms. The lowest BCUT2D eigenvalue weighted by atomic mass is 10.0. The van der Waals surface area contributed by atoms with Crippen LogP contribution < -0.4 is 5.63 Å². The van der Waals surface area contributed by atoms with E-state index < -0.39 is 11.6 Å². The molecule has 0 radical (unpaired) electrons. The molecule has 0 saturated carbocycles. The summed E-state index contributed by atoms with van der Waals surface area (Å²) in [6, 6.07) is 7.48. The van der Waals surface area contributed by atoms with Gasteiger partial charge in [0.15, 0.2) is 0 Å². The molecule has 4 heteroatoms. The average molecular weight is 260 g/mol. The molecule has 1 aromatic heterocycles. The van der Waals surface area contributed by atoms with E-state index in [1.807, 2.05) is 18.2 Å². The molecular formula is C15H16O4. The third kappa shape index (κ3) is 3.02. The zero-order chi connectivity index (χ0) is 14.0. The van der Waals surface area contributed by atoms with Crippen molar-refractivity contribution >= 4 is 16.9 Å². The standard InChI is InChI=1S/C15H16O4/c1-9(2)11-4-5-12-6-13(8-18-10(3)16)15(17)19-14(12)7-11/h4-7,9H,8H2,1-3H3. The SMILES string of the molecule is CC(=O)OCc1cc2ccc(C(C)C)cc2oc1=O. The Bertz CT molecular complexity index is 667. The number of hydrogen-bond donors (Lipinski definition) is 0. The lowest BCUT2D eigenvalue weighted by molar-refractivity contribution is -0.142. The van der Waals surface area contributed by atoms with E-state index in [4.69, 9.17) is 9.15 Å². The van der Waals surface area contributed by atoms with Gasteiger partial charge >= 0.3 is 11.6 Å². The van der Waals surface area contributed by atoms with Gasteiger partial charge in [-0.3, -0.25) is 4.79 Å². The molecule has 4 nitrogen and oxygen atoms in total. The fourth-order valence-electron chi connectivity index (χ4n) is 1.81. The second kappa shape index (κ2) is 5.26. The first-order valence-corrected chi connectivity index (χ1v) is 6.17. The molecule has 0 amide bonds. The molecule has 0 aliphatic carbocycles. The molecule has 0 unspecified atom stereocenters. The lowest BCUT2D eigenvalue weighted by Crippen LogP contribution is -2.10. The number of fused-ring (bicyclic) bond motifs is 1. The van der Waals surface area contributed by atoms with Gasteiger partial charge in [0.25, 0.3) is 0 Å². The van der Waals surface area contributed by atoms with Crippen LogP contribution in [0.4, 0.5) is 0 Å². The summed E-state index contributed by atoms with van der Waals surface area (Å²) in [5.74, 6) is -0.0509. The molecule has 0 aliphatic heterocycles. The molecule has 0 aliphatic rings. The Morgan fingerprint density at radius 3 is 2.68 bits per heavy atom. The molecule has 1 aromatic carbocycles. The van der Waals surface area contributed by atoms with Crippen molar-refractivity contribution in [2.24, 2.45) is 0 Å². The van der Waals surface area contributed by atoms with Gasteiger partial charge in [-0.1, -0.05) is 26.0 Å². The van der Waals surface area contributed by atoms with Gasteiger partial charge in [-0.05, 0) is 23.6 Å². The van der Waals surface area contributed by atoms with Gasteiger partial charge in [-0.2, -0.15) is 0 Å². The number of ether oxygens (including phenoxy) is 1. The van der Waals surface area contributed by atoms with E-state index in [1.165, 1.54) is 6.92 Å². The highest BCUT2D eigenvalue weighted by atomic mass is 16.5. The van der Waals surface area contributed by atoms with Crippen LogP contribution in [0.3, 0.4) is 0 Å². The fraction of sp³-hybridized carbons (Fsp3) is 0.333. The number of carbonyl (C=O) groups is 1. The van der Waals surface area contributed by atoms with Crippen molar-refractivity contribution in [2.75, 3.05) is 0 Å². The van der Waals surface area contributed by atoms with E-state index in [0.29, 0.717) is 17.1 Å². The third-order valence-electron chi connectivity index (χ3n) is 2.93. The van der Waals surface area contributed by atoms with Crippen LogP contribution in [0.2, 0.25) is 0 Å². The monoisotopic (exact) mass is 260 g/mol. The van der Waals surface area contributed by atoms with E-state index >= 15 is 0 Å². The summed E-state index contributed by atoms with van der Waals surface area (Å²) in [5.41, 5.74) is 1.56. The number of esters is 1. The maximum atomic E-state index is 11.8. The molecule has 2 rings (SSSR count). The first-order valence-electron chi connectivity index (χ1n) is 6.17. The smallest absolute Gasteiger partial charge is 0.342 e. The summed E-state index contributed by atoms with van der Waals surface area (Å²) < 4.78 is 10.1. The van der Waals surface area contributed by atoms with Crippen molar-refractivity contribution in [1.82, 2.24) is 0 Å². The van der Waals surface area contributed by atoms with Crippen LogP contribution in [0.5, 0.6) is 0 Å². The van der Waals surface area contributed by atoms with Crippen molar-refractivity contribution in [3.63, 3.8) is 0 Å². The number of benzene rings is 1. The molecule has 0 bridgehead atoms. The minimum atomic E-state index is -0.463. The van der Waals surface area contributed by atoms with Crippen LogP contribution in [0.15, 0.2) is 33.5 Å². The van der Waals surface area contributed by atoms with E-state index in [2.05, 4.69) is 13.8 Å². The summed E-state index contributed by atoms with van der Waals surface area (Å²) >= 11 is 0. The van der Waals surface area contributed by atoms with Crippen LogP contribution in [-0.4, -0.2) is 5.97 Å². The quantitative estimate of drug-likeness (QED) is 0.629. The molecule has 100 valence electrons. The summed E-state index contributed by atoms with van der Waals surface area (Å²) in [7, 11) is 0. The lowest BCUT2D eigenvalue weighted by Gasteiger charge is -2.07. The van der Waals surface area contributed by atoms with Gasteiger partial charge < -0.3 is 9.15 Å². The molecule has 0 atom stereocenters. The number of hydrogen-bond acceptors (Lipinski definition) is 4. The van der Waals surface area contributed by atoms with Crippen molar-refractivity contribution in [3.05, 3.63) is 45.8 Å². The molecule has 0 fully saturated rings. The van der Waals surface area contributed by atoms with Crippen LogP contribution in [0, 0.1) is 0 Å². The largest absolute Gasteiger partial charge is 0.461 e. The molecular weight excluding hydrogens is 244 g/mol. The van der Waals surface area contributed by atoms with E-state index in [-0.39, 0.29) is 6.61 Å². The maximum absolute atomic E-state index is 11.8. The second-order valence-corrected chi connectivity index (χ2v) is 4.79. The summed E-state index contributed by atoms with van der Waals surface area (Å²) in [5, 5.41) is 0.825. The van der Waals surface area contributed by atoms with E-state index in [1.54, 1.807) is 6.07 Å². The molecule has 0 saturated heterocycles. The Kier molecular flexibility index (Phi) is 3.69. The highest BCUT2D eigenvalue weighted by Gasteiger charge is 2.08. The van der Waals surface area contributed by atoms with E-state index in [0.717, 1.165) is 10.9 Å². The summed E-state index contributed by atoms with van der Waals surface area (Å²) in [6.45, 7) is 5.40. The Morgan fingerprint density at radius 2 is 2.05 bits per heavy atom. The highest BCUT2D eigenvalue weighted by molar-refractivity contribution is 5.77. The topological polar surface area (TPSA) is 56.5 Å². The van der Waals surface area contributed by atoms with Gasteiger partial charge in [0, 0.05) is 12.3 Å². The zero-order valence-corrected chi connectivity index (χ0v) is 11.2. The summed E-state index contributed by atoms with van der Waals surface area (Å²) in [4.78, 5) is 22.5. The molecule has 0 spiro atoms. The Labute approximate surface area is 111 Å². The Balaban J connectivity index is 2.43. The molecule has 0 N–H and O–H groups in total. The number of rotatable bonds is 3. The Morgan fingerprint density at radius 1 is 1.32 bits per heavy atom. The van der Waals surface area contributed by atoms with E-state index in [9.17, 15) is 9.59 Å². The summed E-state index contributed by atoms with van der Waals surface area (Å²) in [6.07, 6.45) is 0. The third-order valence-corrected chi connectivity index (χ3v) is 2.93. The Hall–Kier alpha value is -2.10. The predicted octanol–water partition coefficient (Wildman–Crippen LogP) is 2.98. The van der Waals surface area contributed by atoms with Gasteiger partial charge in [-0.15, -0.1) is 0 Å². The maximum Gasteiger partial charge on any atom is 0.342 e. The second-order valence-electron chi connectivity index (χ2n) is 4.79. The predicted molar refractivity (Wildman–Crippen MR) is 72.0 cm³/mol. The minimum absolute atomic E-state index is 0.0560. The first-order chi connectivity index (χ1) is 8.97. The van der Waals surface area contributed by atoms with Gasteiger partial charge in [0.05, 0.1) is 5.56 Å². The molecule has 2 aromatic rings. The van der Waals surface area contributed by atoms with Crippen LogP contribution >= 0.6 is 0 Å². The van der Waals surface area contributed by atoms with Crippen molar-refractivity contribution < 1.29 is 13.9 Å². The normalized spacial score (nSPS) is 10.9. The zero-order valence-electron chi connectivity index (χ0n) is 11.2. The van der Waals surface area contributed by atoms with Crippen molar-refractivity contribution in [2.45, 2.75) is 33.3 Å². The van der Waals surface area contributed by atoms with Gasteiger partial charge in [0.1, 0.15) is 12.2 Å². The van der Waals surface area contributed by atoms with Gasteiger partial charge in [-0.25, -0.2) is 4.79 Å². The fourth-order valence-corrected chi connectivity index (χ4v) is 1.81. The van der Waals surface area contributed by atoms with Crippen LogP contribution in [0.25, 0.3) is 11.0 Å². The van der Waals surface area contributed by atoms with Crippen LogP contribution in [-0.2, 0) is 16.1 Å². The van der Waals surface area contributed by atoms with Crippen molar-refractivity contribution in [1.29, 1.82) is 0 Å². The molecule has 1 heterocycles. The average Bonchev–Trinajstić information content (AvgIpc) is 2.35. The van der Waals surface area contributed by atoms with Crippen LogP contribution in [0.1, 0.15) is 37.8 Å². The van der Waals surface area contributed by atoms with Crippen molar-refractivity contribution in [3.8, 4) is 0 Å².